The molecule has 0 aliphatic heterocycles. The zero-order valence-electron chi connectivity index (χ0n) is 14.0. The summed E-state index contributed by atoms with van der Waals surface area (Å²) in [5.41, 5.74) is -0.0857. The molecule has 1 aliphatic carbocycles. The predicted molar refractivity (Wildman–Crippen MR) is 84.1 cm³/mol. The van der Waals surface area contributed by atoms with Gasteiger partial charge in [0.05, 0.1) is 13.2 Å². The zero-order chi connectivity index (χ0) is 15.2. The molecule has 0 aromatic rings. The van der Waals surface area contributed by atoms with Crippen LogP contribution in [0.25, 0.3) is 0 Å². The van der Waals surface area contributed by atoms with E-state index in [2.05, 4.69) is 37.9 Å². The fourth-order valence-corrected chi connectivity index (χ4v) is 3.51. The van der Waals surface area contributed by atoms with Crippen LogP contribution in [0.4, 0.5) is 0 Å². The minimum atomic E-state index is -0.0857. The molecule has 1 saturated carbocycles. The Kier molecular flexibility index (Phi) is 7.45. The summed E-state index contributed by atoms with van der Waals surface area (Å²) >= 11 is 0. The van der Waals surface area contributed by atoms with Crippen LogP contribution >= 0.6 is 0 Å². The summed E-state index contributed by atoms with van der Waals surface area (Å²) in [6.07, 6.45) is 4.42. The molecule has 0 amide bonds. The number of methoxy groups -OCH3 is 1. The van der Waals surface area contributed by atoms with E-state index in [9.17, 15) is 5.11 Å². The molecule has 0 aromatic carbocycles. The molecule has 3 unspecified atom stereocenters. The summed E-state index contributed by atoms with van der Waals surface area (Å²) in [4.78, 5) is 2.57. The van der Waals surface area contributed by atoms with Crippen LogP contribution in [0.3, 0.4) is 0 Å². The molecule has 20 heavy (non-hydrogen) atoms. The van der Waals surface area contributed by atoms with Crippen molar-refractivity contribution in [1.82, 2.24) is 10.2 Å². The Balaban J connectivity index is 2.69. The maximum Gasteiger partial charge on any atom is 0.0614 e. The lowest BCUT2D eigenvalue weighted by atomic mass is 9.97. The van der Waals surface area contributed by atoms with Gasteiger partial charge >= 0.3 is 0 Å². The van der Waals surface area contributed by atoms with Crippen molar-refractivity contribution < 1.29 is 9.84 Å². The Labute approximate surface area is 124 Å². The van der Waals surface area contributed by atoms with Crippen LogP contribution in [0.2, 0.25) is 0 Å². The number of aliphatic hydroxyl groups is 1. The molecule has 1 fully saturated rings. The Morgan fingerprint density at radius 2 is 2.10 bits per heavy atom. The summed E-state index contributed by atoms with van der Waals surface area (Å²) in [5.74, 6) is 0. The molecule has 2 N–H and O–H groups in total. The standard InChI is InChI=1S/C16H34N2O2/c1-6-14(4)18(9-10-20-5)15-7-8-16(11-15,12-19)17-13(2)3/h13-15,17,19H,6-12H2,1-5H3. The van der Waals surface area contributed by atoms with Crippen molar-refractivity contribution >= 4 is 0 Å². The van der Waals surface area contributed by atoms with Gasteiger partial charge in [-0.3, -0.25) is 4.90 Å². The second-order valence-electron chi connectivity index (χ2n) is 6.62. The van der Waals surface area contributed by atoms with Crippen molar-refractivity contribution in [2.24, 2.45) is 0 Å². The molecule has 0 bridgehead atoms. The highest BCUT2D eigenvalue weighted by atomic mass is 16.5. The number of rotatable bonds is 9. The Bertz CT molecular complexity index is 273. The third kappa shape index (κ3) is 4.69. The highest BCUT2D eigenvalue weighted by Gasteiger charge is 2.41. The number of aliphatic hydroxyl groups excluding tert-OH is 1. The summed E-state index contributed by atoms with van der Waals surface area (Å²) in [5, 5.41) is 13.4. The van der Waals surface area contributed by atoms with Gasteiger partial charge in [-0.05, 0) is 32.6 Å². The molecule has 0 spiro atoms. The molecule has 0 heterocycles. The van der Waals surface area contributed by atoms with Crippen LogP contribution in [-0.2, 0) is 4.74 Å². The molecular formula is C16H34N2O2. The van der Waals surface area contributed by atoms with Gasteiger partial charge in [0.1, 0.15) is 0 Å². The summed E-state index contributed by atoms with van der Waals surface area (Å²) in [6.45, 7) is 10.9. The van der Waals surface area contributed by atoms with Gasteiger partial charge in [-0.25, -0.2) is 0 Å². The average Bonchev–Trinajstić information content (AvgIpc) is 2.82. The quantitative estimate of drug-likeness (QED) is 0.680. The highest BCUT2D eigenvalue weighted by molar-refractivity contribution is 5.00. The number of hydrogen-bond acceptors (Lipinski definition) is 4. The van der Waals surface area contributed by atoms with Crippen LogP contribution in [0.5, 0.6) is 0 Å². The van der Waals surface area contributed by atoms with E-state index in [1.54, 1.807) is 7.11 Å². The van der Waals surface area contributed by atoms with E-state index >= 15 is 0 Å². The first-order chi connectivity index (χ1) is 9.48. The van der Waals surface area contributed by atoms with Crippen LogP contribution in [0.15, 0.2) is 0 Å². The number of nitrogens with zero attached hydrogens (tertiary/aromatic N) is 1. The maximum atomic E-state index is 9.83. The van der Waals surface area contributed by atoms with Crippen LogP contribution in [0.1, 0.15) is 53.4 Å². The average molecular weight is 286 g/mol. The molecular weight excluding hydrogens is 252 g/mol. The number of nitrogens with one attached hydrogen (secondary N) is 1. The van der Waals surface area contributed by atoms with Crippen LogP contribution in [-0.4, -0.2) is 60.5 Å². The van der Waals surface area contributed by atoms with E-state index in [0.717, 1.165) is 38.8 Å². The lowest BCUT2D eigenvalue weighted by Gasteiger charge is -2.36. The third-order valence-corrected chi connectivity index (χ3v) is 4.66. The molecule has 4 heteroatoms. The third-order valence-electron chi connectivity index (χ3n) is 4.66. The van der Waals surface area contributed by atoms with E-state index in [0.29, 0.717) is 18.1 Å². The summed E-state index contributed by atoms with van der Waals surface area (Å²) < 4.78 is 5.26. The lowest BCUT2D eigenvalue weighted by molar-refractivity contribution is 0.0798. The first-order valence-electron chi connectivity index (χ1n) is 8.11. The molecule has 1 rings (SSSR count). The van der Waals surface area contributed by atoms with E-state index in [-0.39, 0.29) is 12.1 Å². The van der Waals surface area contributed by atoms with Gasteiger partial charge in [0.25, 0.3) is 0 Å². The Hall–Kier alpha value is -0.160. The normalized spacial score (nSPS) is 28.5. The van der Waals surface area contributed by atoms with E-state index in [1.165, 1.54) is 0 Å². The van der Waals surface area contributed by atoms with Gasteiger partial charge in [-0.2, -0.15) is 0 Å². The molecule has 3 atom stereocenters. The van der Waals surface area contributed by atoms with E-state index in [4.69, 9.17) is 4.74 Å². The largest absolute Gasteiger partial charge is 0.394 e. The number of hydrogen-bond donors (Lipinski definition) is 2. The van der Waals surface area contributed by atoms with Gasteiger partial charge in [-0.15, -0.1) is 0 Å². The van der Waals surface area contributed by atoms with E-state index < -0.39 is 0 Å². The fourth-order valence-electron chi connectivity index (χ4n) is 3.51. The van der Waals surface area contributed by atoms with Gasteiger partial charge in [0, 0.05) is 37.3 Å². The monoisotopic (exact) mass is 286 g/mol. The Morgan fingerprint density at radius 3 is 2.60 bits per heavy atom. The van der Waals surface area contributed by atoms with Crippen molar-refractivity contribution in [1.29, 1.82) is 0 Å². The first kappa shape index (κ1) is 17.9. The predicted octanol–water partition coefficient (Wildman–Crippen LogP) is 2.01. The SMILES string of the molecule is CCC(C)N(CCOC)C1CCC(CO)(NC(C)C)C1. The number of ether oxygens (including phenoxy) is 1. The lowest BCUT2D eigenvalue weighted by Crippen LogP contribution is -2.51. The van der Waals surface area contributed by atoms with Gasteiger partial charge < -0.3 is 15.2 Å². The van der Waals surface area contributed by atoms with Gasteiger partial charge in [0.2, 0.25) is 0 Å². The second-order valence-corrected chi connectivity index (χ2v) is 6.62. The second kappa shape index (κ2) is 8.32. The molecule has 0 aromatic heterocycles. The molecule has 0 saturated heterocycles. The minimum absolute atomic E-state index is 0.0857. The maximum absolute atomic E-state index is 9.83. The highest BCUT2D eigenvalue weighted by Crippen LogP contribution is 2.34. The molecule has 0 radical (unpaired) electrons. The van der Waals surface area contributed by atoms with Gasteiger partial charge in [-0.1, -0.05) is 20.8 Å². The topological polar surface area (TPSA) is 44.7 Å². The minimum Gasteiger partial charge on any atom is -0.394 e. The van der Waals surface area contributed by atoms with Crippen molar-refractivity contribution in [2.75, 3.05) is 26.9 Å². The molecule has 120 valence electrons. The summed E-state index contributed by atoms with van der Waals surface area (Å²) in [7, 11) is 1.77. The van der Waals surface area contributed by atoms with Crippen molar-refractivity contribution in [2.45, 2.75) is 77.0 Å². The summed E-state index contributed by atoms with van der Waals surface area (Å²) in [6, 6.07) is 1.54. The Morgan fingerprint density at radius 1 is 1.40 bits per heavy atom. The van der Waals surface area contributed by atoms with Crippen molar-refractivity contribution in [3.8, 4) is 0 Å². The smallest absolute Gasteiger partial charge is 0.0614 e. The zero-order valence-corrected chi connectivity index (χ0v) is 14.0. The van der Waals surface area contributed by atoms with Crippen molar-refractivity contribution in [3.63, 3.8) is 0 Å². The van der Waals surface area contributed by atoms with Crippen LogP contribution in [0, 0.1) is 0 Å². The fraction of sp³-hybridized carbons (Fsp3) is 1.00. The molecule has 4 nitrogen and oxygen atoms in total. The van der Waals surface area contributed by atoms with E-state index in [1.807, 2.05) is 0 Å². The van der Waals surface area contributed by atoms with Crippen molar-refractivity contribution in [3.05, 3.63) is 0 Å². The van der Waals surface area contributed by atoms with Crippen LogP contribution < -0.4 is 5.32 Å². The first-order valence-corrected chi connectivity index (χ1v) is 8.11. The van der Waals surface area contributed by atoms with Gasteiger partial charge in [0.15, 0.2) is 0 Å². The molecule has 1 aliphatic rings.